The Labute approximate surface area is 145 Å². The van der Waals surface area contributed by atoms with E-state index < -0.39 is 6.15 Å². The fourth-order valence-electron chi connectivity index (χ4n) is 3.40. The van der Waals surface area contributed by atoms with E-state index in [4.69, 9.17) is 0 Å². The molecular formula is C23H22B-. The molecule has 3 aromatic carbocycles. The molecule has 0 unspecified atom stereocenters. The Kier molecular flexibility index (Phi) is 5.19. The zero-order valence-electron chi connectivity index (χ0n) is 14.2. The minimum atomic E-state index is -1.28. The molecule has 0 radical (unpaired) electrons. The lowest BCUT2D eigenvalue weighted by atomic mass is 9.16. The molecule has 24 heavy (non-hydrogen) atoms. The largest absolute Gasteiger partial charge is 0.297 e. The van der Waals surface area contributed by atoms with E-state index in [9.17, 15) is 0 Å². The molecular weight excluding hydrogens is 287 g/mol. The number of unbranched alkanes of at least 4 members (excludes halogenated alkanes) is 1. The Morgan fingerprint density at radius 3 is 1.33 bits per heavy atom. The van der Waals surface area contributed by atoms with Gasteiger partial charge in [-0.15, -0.1) is 5.92 Å². The van der Waals surface area contributed by atoms with Gasteiger partial charge in [0.2, 0.25) is 0 Å². The van der Waals surface area contributed by atoms with Crippen molar-refractivity contribution in [1.29, 1.82) is 0 Å². The van der Waals surface area contributed by atoms with Gasteiger partial charge in [0.1, 0.15) is 6.15 Å². The van der Waals surface area contributed by atoms with Gasteiger partial charge in [0.15, 0.2) is 0 Å². The van der Waals surface area contributed by atoms with Gasteiger partial charge in [-0.1, -0.05) is 97.9 Å². The molecule has 0 aliphatic heterocycles. The van der Waals surface area contributed by atoms with E-state index >= 15 is 0 Å². The molecule has 0 saturated carbocycles. The van der Waals surface area contributed by atoms with E-state index in [-0.39, 0.29) is 0 Å². The maximum absolute atomic E-state index is 3.70. The molecule has 3 rings (SSSR count). The predicted octanol–water partition coefficient (Wildman–Crippen LogP) is 3.50. The molecule has 118 valence electrons. The fourth-order valence-corrected chi connectivity index (χ4v) is 3.40. The van der Waals surface area contributed by atoms with Crippen LogP contribution in [0.4, 0.5) is 0 Å². The van der Waals surface area contributed by atoms with Crippen molar-refractivity contribution >= 4 is 22.5 Å². The van der Waals surface area contributed by atoms with Crippen LogP contribution in [0.3, 0.4) is 0 Å². The van der Waals surface area contributed by atoms with Gasteiger partial charge < -0.3 is 0 Å². The van der Waals surface area contributed by atoms with Crippen molar-refractivity contribution in [1.82, 2.24) is 0 Å². The SMILES string of the molecule is CCCC#C[B-](c1ccccc1)(c1ccccc1)c1ccccc1. The monoisotopic (exact) mass is 309 g/mol. The molecule has 1 heteroatoms. The van der Waals surface area contributed by atoms with E-state index in [1.807, 2.05) is 0 Å². The molecule has 0 aliphatic rings. The summed E-state index contributed by atoms with van der Waals surface area (Å²) in [7, 11) is 0. The summed E-state index contributed by atoms with van der Waals surface area (Å²) < 4.78 is 0. The van der Waals surface area contributed by atoms with Crippen molar-refractivity contribution < 1.29 is 0 Å². The second kappa shape index (κ2) is 7.71. The molecule has 3 aromatic rings. The van der Waals surface area contributed by atoms with Crippen LogP contribution in [0.15, 0.2) is 91.0 Å². The molecule has 0 aliphatic carbocycles. The highest BCUT2D eigenvalue weighted by atomic mass is 14.0. The first kappa shape index (κ1) is 16.2. The van der Waals surface area contributed by atoms with Gasteiger partial charge in [-0.2, -0.15) is 16.4 Å². The molecule has 0 aromatic heterocycles. The minimum Gasteiger partial charge on any atom is -0.297 e. The maximum atomic E-state index is 3.70. The number of benzene rings is 3. The zero-order valence-corrected chi connectivity index (χ0v) is 14.2. The van der Waals surface area contributed by atoms with E-state index in [0.717, 1.165) is 12.8 Å². The molecule has 0 heterocycles. The van der Waals surface area contributed by atoms with Crippen molar-refractivity contribution in [2.45, 2.75) is 19.8 Å². The molecule has 0 bridgehead atoms. The van der Waals surface area contributed by atoms with Crippen LogP contribution >= 0.6 is 0 Å². The van der Waals surface area contributed by atoms with E-state index in [1.54, 1.807) is 0 Å². The molecule has 0 saturated heterocycles. The normalized spacial score (nSPS) is 10.7. The summed E-state index contributed by atoms with van der Waals surface area (Å²) in [5, 5.41) is 0. The molecule has 0 fully saturated rings. The first-order valence-electron chi connectivity index (χ1n) is 8.70. The average molecular weight is 309 g/mol. The zero-order chi connectivity index (χ0) is 16.7. The summed E-state index contributed by atoms with van der Waals surface area (Å²) in [6, 6.07) is 32.1. The third-order valence-electron chi connectivity index (χ3n) is 4.59. The lowest BCUT2D eigenvalue weighted by molar-refractivity contribution is 0.984. The van der Waals surface area contributed by atoms with Gasteiger partial charge in [0.25, 0.3) is 0 Å². The molecule has 0 amide bonds. The van der Waals surface area contributed by atoms with Crippen molar-refractivity contribution in [3.63, 3.8) is 0 Å². The van der Waals surface area contributed by atoms with Crippen molar-refractivity contribution in [2.24, 2.45) is 0 Å². The van der Waals surface area contributed by atoms with Crippen LogP contribution in [0.2, 0.25) is 0 Å². The van der Waals surface area contributed by atoms with Gasteiger partial charge in [-0.25, -0.2) is 0 Å². The van der Waals surface area contributed by atoms with Crippen LogP contribution in [0, 0.1) is 11.7 Å². The predicted molar refractivity (Wildman–Crippen MR) is 107 cm³/mol. The third-order valence-corrected chi connectivity index (χ3v) is 4.59. The summed E-state index contributed by atoms with van der Waals surface area (Å²) in [6.07, 6.45) is 0.725. The van der Waals surface area contributed by atoms with E-state index in [2.05, 4.69) is 110 Å². The molecule has 0 atom stereocenters. The van der Waals surface area contributed by atoms with Crippen molar-refractivity contribution in [2.75, 3.05) is 0 Å². The van der Waals surface area contributed by atoms with Crippen LogP contribution in [-0.4, -0.2) is 6.15 Å². The first-order valence-corrected chi connectivity index (χ1v) is 8.70. The lowest BCUT2D eigenvalue weighted by Crippen LogP contribution is -2.66. The second-order valence-electron chi connectivity index (χ2n) is 6.17. The number of hydrogen-bond donors (Lipinski definition) is 0. The fraction of sp³-hybridized carbons (Fsp3) is 0.130. The highest BCUT2D eigenvalue weighted by molar-refractivity contribution is 7.16. The summed E-state index contributed by atoms with van der Waals surface area (Å²) in [6.45, 7) is 2.18. The number of hydrogen-bond acceptors (Lipinski definition) is 0. The van der Waals surface area contributed by atoms with Crippen molar-refractivity contribution in [3.8, 4) is 11.7 Å². The standard InChI is InChI=1S/C23H22B/c1-2-3-13-20-24(21-14-7-4-8-15-21,22-16-9-5-10-17-22)23-18-11-6-12-19-23/h4-12,14-19H,2-3H2,1H3/q-1. The van der Waals surface area contributed by atoms with Crippen LogP contribution in [0.25, 0.3) is 0 Å². The summed E-state index contributed by atoms with van der Waals surface area (Å²) in [4.78, 5) is 0. The van der Waals surface area contributed by atoms with E-state index in [0.29, 0.717) is 0 Å². The van der Waals surface area contributed by atoms with Gasteiger partial charge in [0.05, 0.1) is 0 Å². The molecule has 0 N–H and O–H groups in total. The van der Waals surface area contributed by atoms with Gasteiger partial charge in [-0.3, -0.25) is 5.82 Å². The number of rotatable bonds is 4. The summed E-state index contributed by atoms with van der Waals surface area (Å²) in [5.74, 6) is 7.14. The Hall–Kier alpha value is -2.72. The highest BCUT2D eigenvalue weighted by Crippen LogP contribution is 2.07. The highest BCUT2D eigenvalue weighted by Gasteiger charge is 2.27. The topological polar surface area (TPSA) is 0 Å². The van der Waals surface area contributed by atoms with Gasteiger partial charge >= 0.3 is 0 Å². The first-order chi connectivity index (χ1) is 11.9. The average Bonchev–Trinajstić information content (AvgIpc) is 2.68. The minimum absolute atomic E-state index is 0.927. The van der Waals surface area contributed by atoms with Crippen LogP contribution < -0.4 is 16.4 Å². The van der Waals surface area contributed by atoms with Crippen LogP contribution in [0.1, 0.15) is 19.8 Å². The maximum Gasteiger partial charge on any atom is 0.149 e. The summed E-state index contributed by atoms with van der Waals surface area (Å²) in [5.41, 5.74) is 3.83. The summed E-state index contributed by atoms with van der Waals surface area (Å²) >= 11 is 0. The smallest absolute Gasteiger partial charge is 0.149 e. The quantitative estimate of drug-likeness (QED) is 0.511. The lowest BCUT2D eigenvalue weighted by Gasteiger charge is -2.38. The Morgan fingerprint density at radius 2 is 1.00 bits per heavy atom. The van der Waals surface area contributed by atoms with Crippen molar-refractivity contribution in [3.05, 3.63) is 91.0 Å². The molecule has 0 nitrogen and oxygen atoms in total. The van der Waals surface area contributed by atoms with Gasteiger partial charge in [-0.05, 0) is 6.42 Å². The Balaban J connectivity index is 2.31. The second-order valence-corrected chi connectivity index (χ2v) is 6.17. The molecule has 0 spiro atoms. The van der Waals surface area contributed by atoms with Crippen LogP contribution in [0.5, 0.6) is 0 Å². The van der Waals surface area contributed by atoms with Gasteiger partial charge in [0, 0.05) is 6.42 Å². The Morgan fingerprint density at radius 1 is 0.625 bits per heavy atom. The van der Waals surface area contributed by atoms with Crippen LogP contribution in [-0.2, 0) is 0 Å². The van der Waals surface area contributed by atoms with E-state index in [1.165, 1.54) is 16.4 Å². The Bertz CT molecular complexity index is 715. The third kappa shape index (κ3) is 3.14.